The van der Waals surface area contributed by atoms with Gasteiger partial charge in [0, 0.05) is 17.3 Å². The third-order valence-electron chi connectivity index (χ3n) is 3.79. The minimum Gasteiger partial charge on any atom is -0.452 e. The summed E-state index contributed by atoms with van der Waals surface area (Å²) in [6.45, 7) is -0.483. The number of hydrogen-bond donors (Lipinski definition) is 1. The molecule has 0 aliphatic heterocycles. The molecule has 9 heteroatoms. The Balaban J connectivity index is 1.59. The standard InChI is InChI=1S/C19H15ClN2O5S/c1-28(25,26)15-6-4-14(5-7-15)21-18(23)11-27-19(24)13-2-8-16-12(10-13)3-9-17(20)22-16/h2-10H,11H2,1H3,(H,21,23). The van der Waals surface area contributed by atoms with E-state index in [1.54, 1.807) is 24.3 Å². The third kappa shape index (κ3) is 4.85. The summed E-state index contributed by atoms with van der Waals surface area (Å²) >= 11 is 5.83. The molecule has 7 nitrogen and oxygen atoms in total. The highest BCUT2D eigenvalue weighted by Gasteiger charge is 2.12. The molecule has 1 amide bonds. The van der Waals surface area contributed by atoms with Gasteiger partial charge in [0.1, 0.15) is 5.15 Å². The zero-order valence-corrected chi connectivity index (χ0v) is 16.3. The van der Waals surface area contributed by atoms with Crippen LogP contribution in [-0.4, -0.2) is 38.1 Å². The maximum absolute atomic E-state index is 12.2. The Hall–Kier alpha value is -2.97. The molecule has 0 saturated heterocycles. The molecule has 0 unspecified atom stereocenters. The number of nitrogens with one attached hydrogen (secondary N) is 1. The van der Waals surface area contributed by atoms with Crippen molar-refractivity contribution in [1.82, 2.24) is 4.98 Å². The highest BCUT2D eigenvalue weighted by molar-refractivity contribution is 7.90. The van der Waals surface area contributed by atoms with Gasteiger partial charge in [-0.1, -0.05) is 11.6 Å². The first-order valence-corrected chi connectivity index (χ1v) is 10.3. The number of rotatable bonds is 5. The van der Waals surface area contributed by atoms with Gasteiger partial charge in [-0.15, -0.1) is 0 Å². The molecule has 1 N–H and O–H groups in total. The van der Waals surface area contributed by atoms with E-state index in [1.807, 2.05) is 0 Å². The molecule has 0 aliphatic rings. The molecule has 0 bridgehead atoms. The summed E-state index contributed by atoms with van der Waals surface area (Å²) in [5.74, 6) is -1.20. The Morgan fingerprint density at radius 2 is 1.79 bits per heavy atom. The lowest BCUT2D eigenvalue weighted by atomic mass is 10.1. The number of anilines is 1. The summed E-state index contributed by atoms with van der Waals surface area (Å²) in [4.78, 5) is 28.4. The molecular formula is C19H15ClN2O5S. The zero-order valence-electron chi connectivity index (χ0n) is 14.7. The van der Waals surface area contributed by atoms with Gasteiger partial charge < -0.3 is 10.1 Å². The Morgan fingerprint density at radius 3 is 2.46 bits per heavy atom. The molecule has 0 radical (unpaired) electrons. The Bertz CT molecular complexity index is 1160. The van der Waals surface area contributed by atoms with Crippen molar-refractivity contribution in [2.45, 2.75) is 4.90 Å². The van der Waals surface area contributed by atoms with E-state index in [1.165, 1.54) is 30.3 Å². The van der Waals surface area contributed by atoms with E-state index in [0.29, 0.717) is 21.7 Å². The fourth-order valence-corrected chi connectivity index (χ4v) is 3.21. The number of hydrogen-bond acceptors (Lipinski definition) is 6. The van der Waals surface area contributed by atoms with Crippen molar-refractivity contribution in [1.29, 1.82) is 0 Å². The molecule has 1 aromatic heterocycles. The van der Waals surface area contributed by atoms with Gasteiger partial charge in [-0.2, -0.15) is 0 Å². The lowest BCUT2D eigenvalue weighted by molar-refractivity contribution is -0.119. The minimum absolute atomic E-state index is 0.143. The average Bonchev–Trinajstić information content (AvgIpc) is 2.65. The zero-order chi connectivity index (χ0) is 20.3. The van der Waals surface area contributed by atoms with Gasteiger partial charge in [-0.3, -0.25) is 4.79 Å². The molecule has 0 fully saturated rings. The summed E-state index contributed by atoms with van der Waals surface area (Å²) in [5, 5.41) is 3.60. The lowest BCUT2D eigenvalue weighted by Crippen LogP contribution is -2.21. The maximum Gasteiger partial charge on any atom is 0.338 e. The van der Waals surface area contributed by atoms with Crippen LogP contribution in [0.15, 0.2) is 59.5 Å². The molecule has 3 aromatic rings. The summed E-state index contributed by atoms with van der Waals surface area (Å²) in [7, 11) is -3.31. The van der Waals surface area contributed by atoms with Crippen molar-refractivity contribution in [3.63, 3.8) is 0 Å². The largest absolute Gasteiger partial charge is 0.452 e. The monoisotopic (exact) mass is 418 g/mol. The van der Waals surface area contributed by atoms with E-state index in [4.69, 9.17) is 16.3 Å². The topological polar surface area (TPSA) is 102 Å². The van der Waals surface area contributed by atoms with Crippen LogP contribution in [-0.2, 0) is 19.4 Å². The van der Waals surface area contributed by atoms with Crippen LogP contribution in [0.4, 0.5) is 5.69 Å². The van der Waals surface area contributed by atoms with E-state index < -0.39 is 28.3 Å². The Labute approximate surface area is 166 Å². The molecule has 0 atom stereocenters. The molecule has 3 rings (SSSR count). The normalized spacial score (nSPS) is 11.2. The van der Waals surface area contributed by atoms with Gasteiger partial charge >= 0.3 is 5.97 Å². The van der Waals surface area contributed by atoms with Gasteiger partial charge in [-0.25, -0.2) is 18.2 Å². The van der Waals surface area contributed by atoms with Gasteiger partial charge in [0.2, 0.25) is 0 Å². The van der Waals surface area contributed by atoms with Crippen LogP contribution >= 0.6 is 11.6 Å². The summed E-state index contributed by atoms with van der Waals surface area (Å²) in [5.41, 5.74) is 1.31. The number of fused-ring (bicyclic) bond motifs is 1. The van der Waals surface area contributed by atoms with Gasteiger partial charge in [-0.05, 0) is 54.6 Å². The molecular weight excluding hydrogens is 404 g/mol. The highest BCUT2D eigenvalue weighted by Crippen LogP contribution is 2.18. The lowest BCUT2D eigenvalue weighted by Gasteiger charge is -2.08. The number of halogens is 1. The van der Waals surface area contributed by atoms with Crippen molar-refractivity contribution in [3.05, 3.63) is 65.3 Å². The maximum atomic E-state index is 12.2. The Morgan fingerprint density at radius 1 is 1.07 bits per heavy atom. The number of ether oxygens (including phenoxy) is 1. The minimum atomic E-state index is -3.31. The molecule has 28 heavy (non-hydrogen) atoms. The van der Waals surface area contributed by atoms with E-state index in [0.717, 1.165) is 6.26 Å². The van der Waals surface area contributed by atoms with E-state index in [2.05, 4.69) is 10.3 Å². The first kappa shape index (κ1) is 19.8. The van der Waals surface area contributed by atoms with E-state index >= 15 is 0 Å². The summed E-state index contributed by atoms with van der Waals surface area (Å²) < 4.78 is 27.9. The van der Waals surface area contributed by atoms with Crippen molar-refractivity contribution in [2.24, 2.45) is 0 Å². The molecule has 1 heterocycles. The quantitative estimate of drug-likeness (QED) is 0.504. The number of sulfone groups is 1. The number of benzene rings is 2. The van der Waals surface area contributed by atoms with Gasteiger partial charge in [0.15, 0.2) is 16.4 Å². The second-order valence-corrected chi connectivity index (χ2v) is 8.37. The predicted octanol–water partition coefficient (Wildman–Crippen LogP) is 3.09. The first-order chi connectivity index (χ1) is 13.2. The predicted molar refractivity (Wildman–Crippen MR) is 105 cm³/mol. The van der Waals surface area contributed by atoms with Crippen LogP contribution in [0, 0.1) is 0 Å². The SMILES string of the molecule is CS(=O)(=O)c1ccc(NC(=O)COC(=O)c2ccc3nc(Cl)ccc3c2)cc1. The molecule has 2 aromatic carbocycles. The van der Waals surface area contributed by atoms with Crippen LogP contribution < -0.4 is 5.32 Å². The smallest absolute Gasteiger partial charge is 0.338 e. The summed E-state index contributed by atoms with van der Waals surface area (Å²) in [6.07, 6.45) is 1.09. The molecule has 0 spiro atoms. The van der Waals surface area contributed by atoms with Crippen molar-refractivity contribution in [2.75, 3.05) is 18.2 Å². The third-order valence-corrected chi connectivity index (χ3v) is 5.13. The van der Waals surface area contributed by atoms with Crippen LogP contribution in [0.5, 0.6) is 0 Å². The second kappa shape index (κ2) is 7.95. The fourth-order valence-electron chi connectivity index (χ4n) is 2.42. The molecule has 0 saturated carbocycles. The van der Waals surface area contributed by atoms with E-state index in [-0.39, 0.29) is 10.5 Å². The number of carbonyl (C=O) groups excluding carboxylic acids is 2. The average molecular weight is 419 g/mol. The number of esters is 1. The summed E-state index contributed by atoms with van der Waals surface area (Å²) in [6, 6.07) is 13.8. The first-order valence-electron chi connectivity index (χ1n) is 8.06. The van der Waals surface area contributed by atoms with Crippen LogP contribution in [0.3, 0.4) is 0 Å². The van der Waals surface area contributed by atoms with Crippen LogP contribution in [0.1, 0.15) is 10.4 Å². The number of nitrogens with zero attached hydrogens (tertiary/aromatic N) is 1. The van der Waals surface area contributed by atoms with E-state index in [9.17, 15) is 18.0 Å². The Kier molecular flexibility index (Phi) is 5.62. The highest BCUT2D eigenvalue weighted by atomic mass is 35.5. The van der Waals surface area contributed by atoms with Crippen LogP contribution in [0.2, 0.25) is 5.15 Å². The van der Waals surface area contributed by atoms with Crippen molar-refractivity contribution in [3.8, 4) is 0 Å². The molecule has 144 valence electrons. The van der Waals surface area contributed by atoms with Gasteiger partial charge in [0.25, 0.3) is 5.91 Å². The van der Waals surface area contributed by atoms with Crippen LogP contribution in [0.25, 0.3) is 10.9 Å². The number of amides is 1. The molecule has 0 aliphatic carbocycles. The fraction of sp³-hybridized carbons (Fsp3) is 0.105. The van der Waals surface area contributed by atoms with Crippen molar-refractivity contribution >= 4 is 49.9 Å². The number of carbonyl (C=O) groups is 2. The second-order valence-electron chi connectivity index (χ2n) is 5.96. The van der Waals surface area contributed by atoms with Crippen molar-refractivity contribution < 1.29 is 22.7 Å². The number of aromatic nitrogens is 1. The van der Waals surface area contributed by atoms with Gasteiger partial charge in [0.05, 0.1) is 16.0 Å². The number of pyridine rings is 1.